The SMILES string of the molecule is C=C(C)C(=O)OCC(=O)OC1CC2OC1(C)C(C)C2(C)O[SH](=O)=O. The van der Waals surface area contributed by atoms with Crippen LogP contribution in [0.5, 0.6) is 0 Å². The number of carbonyl (C=O) groups excluding carboxylic acids is 2. The molecule has 0 aromatic heterocycles. The van der Waals surface area contributed by atoms with E-state index in [0.717, 1.165) is 0 Å². The van der Waals surface area contributed by atoms with E-state index < -0.39 is 52.9 Å². The van der Waals surface area contributed by atoms with Gasteiger partial charge < -0.3 is 14.2 Å². The van der Waals surface area contributed by atoms with Crippen LogP contribution in [-0.4, -0.2) is 50.4 Å². The fourth-order valence-corrected chi connectivity index (χ4v) is 3.94. The predicted molar refractivity (Wildman–Crippen MR) is 82.5 cm³/mol. The zero-order valence-corrected chi connectivity index (χ0v) is 15.0. The lowest BCUT2D eigenvalue weighted by Gasteiger charge is -2.41. The highest BCUT2D eigenvalue weighted by Crippen LogP contribution is 2.55. The van der Waals surface area contributed by atoms with Crippen LogP contribution >= 0.6 is 0 Å². The van der Waals surface area contributed by atoms with Gasteiger partial charge in [0.2, 0.25) is 0 Å². The topological polar surface area (TPSA) is 105 Å². The van der Waals surface area contributed by atoms with E-state index in [-0.39, 0.29) is 11.5 Å². The van der Waals surface area contributed by atoms with E-state index in [1.807, 2.05) is 0 Å². The van der Waals surface area contributed by atoms with Crippen LogP contribution in [0.4, 0.5) is 0 Å². The molecule has 2 bridgehead atoms. The molecule has 0 aromatic carbocycles. The molecular weight excluding hydrogens is 340 g/mol. The highest BCUT2D eigenvalue weighted by atomic mass is 32.2. The van der Waals surface area contributed by atoms with Crippen LogP contribution in [0.2, 0.25) is 0 Å². The van der Waals surface area contributed by atoms with Gasteiger partial charge in [-0.05, 0) is 20.8 Å². The number of fused-ring (bicyclic) bond motifs is 2. The number of ether oxygens (including phenoxy) is 3. The first-order chi connectivity index (χ1) is 11.0. The Morgan fingerprint density at radius 3 is 2.46 bits per heavy atom. The zero-order chi connectivity index (χ0) is 18.3. The van der Waals surface area contributed by atoms with E-state index in [1.54, 1.807) is 20.8 Å². The summed E-state index contributed by atoms with van der Waals surface area (Å²) >= 11 is 0. The second kappa shape index (κ2) is 6.45. The largest absolute Gasteiger partial charge is 0.457 e. The summed E-state index contributed by atoms with van der Waals surface area (Å²) in [6, 6.07) is 0. The van der Waals surface area contributed by atoms with Crippen molar-refractivity contribution in [3.05, 3.63) is 12.2 Å². The van der Waals surface area contributed by atoms with E-state index >= 15 is 0 Å². The molecule has 0 amide bonds. The summed E-state index contributed by atoms with van der Waals surface area (Å²) in [4.78, 5) is 23.2. The van der Waals surface area contributed by atoms with Crippen molar-refractivity contribution < 1.29 is 36.4 Å². The van der Waals surface area contributed by atoms with E-state index in [4.69, 9.17) is 18.4 Å². The fraction of sp³-hybridized carbons (Fsp3) is 0.733. The van der Waals surface area contributed by atoms with Crippen molar-refractivity contribution in [2.75, 3.05) is 6.61 Å². The first-order valence-corrected chi connectivity index (χ1v) is 8.63. The molecule has 2 saturated heterocycles. The van der Waals surface area contributed by atoms with E-state index in [9.17, 15) is 18.0 Å². The third kappa shape index (κ3) is 3.20. The quantitative estimate of drug-likeness (QED) is 0.414. The van der Waals surface area contributed by atoms with Gasteiger partial charge in [0, 0.05) is 17.9 Å². The molecule has 5 atom stereocenters. The van der Waals surface area contributed by atoms with Gasteiger partial charge in [0.25, 0.3) is 11.0 Å². The van der Waals surface area contributed by atoms with Crippen LogP contribution in [0.25, 0.3) is 0 Å². The highest BCUT2D eigenvalue weighted by Gasteiger charge is 2.68. The summed E-state index contributed by atoms with van der Waals surface area (Å²) in [6.45, 7) is 9.59. The Balaban J connectivity index is 2.00. The maximum atomic E-state index is 11.9. The molecule has 8 nitrogen and oxygen atoms in total. The van der Waals surface area contributed by atoms with E-state index in [0.29, 0.717) is 6.42 Å². The van der Waals surface area contributed by atoms with Crippen molar-refractivity contribution in [1.29, 1.82) is 0 Å². The van der Waals surface area contributed by atoms with Crippen LogP contribution in [0, 0.1) is 5.92 Å². The molecule has 0 N–H and O–H groups in total. The smallest absolute Gasteiger partial charge is 0.344 e. The number of carbonyl (C=O) groups is 2. The van der Waals surface area contributed by atoms with Gasteiger partial charge in [-0.2, -0.15) is 0 Å². The highest BCUT2D eigenvalue weighted by molar-refractivity contribution is 7.67. The van der Waals surface area contributed by atoms with Crippen LogP contribution < -0.4 is 0 Å². The van der Waals surface area contributed by atoms with Crippen molar-refractivity contribution in [3.8, 4) is 0 Å². The third-order valence-corrected chi connectivity index (χ3v) is 5.58. The van der Waals surface area contributed by atoms with E-state index in [2.05, 4.69) is 6.58 Å². The minimum Gasteiger partial charge on any atom is -0.457 e. The summed E-state index contributed by atoms with van der Waals surface area (Å²) in [7, 11) is -3.02. The Hall–Kier alpha value is -1.45. The number of hydrogen-bond acceptors (Lipinski definition) is 8. The fourth-order valence-electron chi connectivity index (χ4n) is 3.34. The molecule has 2 fully saturated rings. The van der Waals surface area contributed by atoms with Crippen molar-refractivity contribution in [2.45, 2.75) is 57.5 Å². The first-order valence-electron chi connectivity index (χ1n) is 7.54. The van der Waals surface area contributed by atoms with Crippen molar-refractivity contribution in [2.24, 2.45) is 5.92 Å². The maximum absolute atomic E-state index is 11.9. The molecule has 2 aliphatic rings. The monoisotopic (exact) mass is 362 g/mol. The average Bonchev–Trinajstić information content (AvgIpc) is 2.88. The molecule has 9 heteroatoms. The zero-order valence-electron chi connectivity index (χ0n) is 14.1. The van der Waals surface area contributed by atoms with Crippen molar-refractivity contribution in [1.82, 2.24) is 0 Å². The van der Waals surface area contributed by atoms with Crippen molar-refractivity contribution in [3.63, 3.8) is 0 Å². The standard InChI is InChI=1S/C15H22O8S/c1-8(2)13(17)20-7-12(16)21-10-6-11-15(5,23-24(18)19)9(3)14(10,4)22-11/h9-11,24H,1,6-7H2,2-5H3. The Bertz CT molecular complexity index is 633. The number of thiol groups is 1. The molecular formula is C15H22O8S. The second-order valence-corrected chi connectivity index (χ2v) is 7.21. The second-order valence-electron chi connectivity index (χ2n) is 6.58. The molecule has 2 heterocycles. The summed E-state index contributed by atoms with van der Waals surface area (Å²) in [6.07, 6.45) is -0.781. The van der Waals surface area contributed by atoms with Crippen LogP contribution in [-0.2, 0) is 39.0 Å². The minimum atomic E-state index is -3.02. The Labute approximate surface area is 142 Å². The number of hydrogen-bond donors (Lipinski definition) is 1. The normalized spacial score (nSPS) is 37.5. The lowest BCUT2D eigenvalue weighted by Crippen LogP contribution is -2.55. The third-order valence-electron chi connectivity index (χ3n) is 5.04. The summed E-state index contributed by atoms with van der Waals surface area (Å²) in [5.74, 6) is -1.69. The molecule has 2 aliphatic heterocycles. The Kier molecular flexibility index (Phi) is 5.08. The minimum absolute atomic E-state index is 0.186. The van der Waals surface area contributed by atoms with Gasteiger partial charge >= 0.3 is 11.9 Å². The molecule has 0 saturated carbocycles. The lowest BCUT2D eigenvalue weighted by molar-refractivity contribution is -0.169. The van der Waals surface area contributed by atoms with Gasteiger partial charge in [0.15, 0.2) is 6.61 Å². The van der Waals surface area contributed by atoms with Crippen molar-refractivity contribution >= 4 is 22.9 Å². The van der Waals surface area contributed by atoms with Gasteiger partial charge in [0.1, 0.15) is 17.3 Å². The molecule has 0 radical (unpaired) electrons. The van der Waals surface area contributed by atoms with Crippen LogP contribution in [0.3, 0.4) is 0 Å². The average molecular weight is 362 g/mol. The summed E-state index contributed by atoms with van der Waals surface area (Å²) in [5, 5.41) is 0. The van der Waals surface area contributed by atoms with Crippen LogP contribution in [0.1, 0.15) is 34.1 Å². The molecule has 0 aliphatic carbocycles. The molecule has 0 spiro atoms. The van der Waals surface area contributed by atoms with Gasteiger partial charge in [-0.1, -0.05) is 13.5 Å². The summed E-state index contributed by atoms with van der Waals surface area (Å²) in [5.41, 5.74) is -1.69. The molecule has 136 valence electrons. The van der Waals surface area contributed by atoms with E-state index in [1.165, 1.54) is 6.92 Å². The molecule has 24 heavy (non-hydrogen) atoms. The Morgan fingerprint density at radius 1 is 1.33 bits per heavy atom. The lowest BCUT2D eigenvalue weighted by atomic mass is 9.70. The number of rotatable bonds is 6. The van der Waals surface area contributed by atoms with Gasteiger partial charge in [-0.3, -0.25) is 4.18 Å². The van der Waals surface area contributed by atoms with Gasteiger partial charge in [0.05, 0.1) is 6.10 Å². The van der Waals surface area contributed by atoms with Gasteiger partial charge in [-0.25, -0.2) is 18.0 Å². The maximum Gasteiger partial charge on any atom is 0.344 e. The molecule has 0 aromatic rings. The van der Waals surface area contributed by atoms with Crippen LogP contribution in [0.15, 0.2) is 12.2 Å². The molecule has 2 rings (SSSR count). The Morgan fingerprint density at radius 2 is 1.96 bits per heavy atom. The predicted octanol–water partition coefficient (Wildman–Crippen LogP) is 0.516. The molecule has 5 unspecified atom stereocenters. The number of esters is 2. The first kappa shape index (κ1) is 18.9. The van der Waals surface area contributed by atoms with Gasteiger partial charge in [-0.15, -0.1) is 0 Å². The summed E-state index contributed by atoms with van der Waals surface area (Å²) < 4.78 is 43.0.